The lowest BCUT2D eigenvalue weighted by Gasteiger charge is -2.40. The number of unbranched alkanes of at least 4 members (excludes halogenated alkanes) is 47. The van der Waals surface area contributed by atoms with Gasteiger partial charge in [0.2, 0.25) is 5.91 Å². The summed E-state index contributed by atoms with van der Waals surface area (Å²) in [6.07, 6.45) is 75.0. The molecule has 11 heteroatoms. The summed E-state index contributed by atoms with van der Waals surface area (Å²) in [6, 6.07) is -1.20. The highest BCUT2D eigenvalue weighted by Gasteiger charge is 2.44. The Morgan fingerprint density at radius 3 is 1.01 bits per heavy atom. The number of carbonyl (C=O) groups is 1. The minimum atomic E-state index is -1.68. The van der Waals surface area contributed by atoms with Crippen LogP contribution in [-0.2, 0) is 14.3 Å². The molecule has 1 aliphatic rings. The summed E-state index contributed by atoms with van der Waals surface area (Å²) in [5, 5.41) is 76.6. The number of allylic oxidation sites excluding steroid dienone is 8. The Morgan fingerprint density at radius 1 is 0.386 bits per heavy atom. The Hall–Kier alpha value is -1.93. The van der Waals surface area contributed by atoms with Gasteiger partial charge < -0.3 is 50.5 Å². The van der Waals surface area contributed by atoms with Crippen LogP contribution in [-0.4, -0.2) is 110 Å². The molecule has 0 aliphatic carbocycles. The minimum absolute atomic E-state index is 0.242. The third-order valence-corrected chi connectivity index (χ3v) is 18.3. The zero-order chi connectivity index (χ0) is 63.9. The number of aliphatic hydroxyl groups is 7. The van der Waals surface area contributed by atoms with Gasteiger partial charge in [0, 0.05) is 0 Å². The van der Waals surface area contributed by atoms with E-state index in [4.69, 9.17) is 9.47 Å². The monoisotopic (exact) mass is 1240 g/mol. The summed E-state index contributed by atoms with van der Waals surface area (Å²) in [6.45, 7) is 3.49. The van der Waals surface area contributed by atoms with Crippen molar-refractivity contribution in [3.05, 3.63) is 48.6 Å². The predicted octanol–water partition coefficient (Wildman–Crippen LogP) is 19.1. The molecule has 0 aromatic rings. The molecular formula is C77H145NO10. The van der Waals surface area contributed by atoms with Crippen LogP contribution in [0.2, 0.25) is 0 Å². The molecule has 9 atom stereocenters. The lowest BCUT2D eigenvalue weighted by atomic mass is 9.98. The van der Waals surface area contributed by atoms with Gasteiger partial charge in [-0.3, -0.25) is 4.79 Å². The summed E-state index contributed by atoms with van der Waals surface area (Å²) < 4.78 is 11.2. The van der Waals surface area contributed by atoms with Gasteiger partial charge in [0.15, 0.2) is 6.29 Å². The summed E-state index contributed by atoms with van der Waals surface area (Å²) in [5.41, 5.74) is 0. The second-order valence-corrected chi connectivity index (χ2v) is 26.7. The van der Waals surface area contributed by atoms with Gasteiger partial charge in [-0.05, 0) is 89.9 Å². The second kappa shape index (κ2) is 65.1. The van der Waals surface area contributed by atoms with E-state index in [1.165, 1.54) is 276 Å². The van der Waals surface area contributed by atoms with Gasteiger partial charge in [0.05, 0.1) is 25.4 Å². The van der Waals surface area contributed by atoms with Crippen molar-refractivity contribution in [1.82, 2.24) is 5.32 Å². The molecule has 1 heterocycles. The first kappa shape index (κ1) is 84.1. The van der Waals surface area contributed by atoms with Gasteiger partial charge in [-0.15, -0.1) is 0 Å². The molecule has 0 aromatic heterocycles. The maximum Gasteiger partial charge on any atom is 0.249 e. The van der Waals surface area contributed by atoms with E-state index in [2.05, 4.69) is 67.8 Å². The molecule has 1 fully saturated rings. The Morgan fingerprint density at radius 2 is 0.682 bits per heavy atom. The molecule has 0 aromatic carbocycles. The lowest BCUT2D eigenvalue weighted by Crippen LogP contribution is -2.60. The Balaban J connectivity index is 2.20. The van der Waals surface area contributed by atoms with E-state index in [1.54, 1.807) is 0 Å². The van der Waals surface area contributed by atoms with Crippen LogP contribution in [0.4, 0.5) is 0 Å². The number of ether oxygens (including phenoxy) is 2. The fraction of sp³-hybridized carbons (Fsp3) is 0.883. The highest BCUT2D eigenvalue weighted by molar-refractivity contribution is 5.80. The highest BCUT2D eigenvalue weighted by atomic mass is 16.7. The average molecular weight is 1250 g/mol. The van der Waals surface area contributed by atoms with Crippen LogP contribution in [0.1, 0.15) is 367 Å². The third-order valence-electron chi connectivity index (χ3n) is 18.3. The molecular weight excluding hydrogens is 1100 g/mol. The van der Waals surface area contributed by atoms with Crippen molar-refractivity contribution in [1.29, 1.82) is 0 Å². The zero-order valence-electron chi connectivity index (χ0n) is 57.5. The van der Waals surface area contributed by atoms with Gasteiger partial charge >= 0.3 is 0 Å². The number of aliphatic hydroxyl groups excluding tert-OH is 7. The standard InChI is InChI=1S/C77H145NO10/c1-3-5-7-9-11-13-15-17-19-21-23-25-27-29-31-33-35-37-39-41-43-45-47-49-51-53-55-57-59-61-63-65-70(81)76(86)78-68(67-87-77-75(85)74(84)73(83)71(66-79)88-77)72(82)69(80)64-62-60-58-56-54-52-50-48-46-44-42-40-38-36-34-32-30-28-26-24-22-20-18-16-14-12-10-8-6-4-2/h29,31,40,42,48,50,56,58,68-75,77,79-85H,3-28,30,32-39,41,43-47,49,51-55,57,59-67H2,1-2H3,(H,78,86)/b31-29-,42-40+,50-48+,58-56+. The molecule has 518 valence electrons. The van der Waals surface area contributed by atoms with Crippen LogP contribution in [0.5, 0.6) is 0 Å². The number of amides is 1. The molecule has 0 saturated carbocycles. The molecule has 11 nitrogen and oxygen atoms in total. The molecule has 0 radical (unpaired) electrons. The van der Waals surface area contributed by atoms with E-state index < -0.39 is 74.2 Å². The van der Waals surface area contributed by atoms with Crippen molar-refractivity contribution < 1.29 is 50.0 Å². The Labute approximate surface area is 542 Å². The number of hydrogen-bond donors (Lipinski definition) is 8. The molecule has 0 spiro atoms. The largest absolute Gasteiger partial charge is 0.394 e. The van der Waals surface area contributed by atoms with Gasteiger partial charge in [-0.25, -0.2) is 0 Å². The molecule has 9 unspecified atom stereocenters. The van der Waals surface area contributed by atoms with Crippen molar-refractivity contribution in [2.45, 2.75) is 422 Å². The van der Waals surface area contributed by atoms with Crippen LogP contribution < -0.4 is 5.32 Å². The van der Waals surface area contributed by atoms with E-state index in [0.29, 0.717) is 19.3 Å². The van der Waals surface area contributed by atoms with E-state index in [9.17, 15) is 40.5 Å². The van der Waals surface area contributed by atoms with Crippen molar-refractivity contribution in [2.24, 2.45) is 0 Å². The van der Waals surface area contributed by atoms with Gasteiger partial charge in [-0.2, -0.15) is 0 Å². The molecule has 88 heavy (non-hydrogen) atoms. The van der Waals surface area contributed by atoms with Gasteiger partial charge in [0.25, 0.3) is 0 Å². The maximum absolute atomic E-state index is 13.3. The van der Waals surface area contributed by atoms with Crippen LogP contribution >= 0.6 is 0 Å². The molecule has 8 N–H and O–H groups in total. The molecule has 0 bridgehead atoms. The van der Waals surface area contributed by atoms with Gasteiger partial charge in [-0.1, -0.05) is 326 Å². The fourth-order valence-corrected chi connectivity index (χ4v) is 12.2. The average Bonchev–Trinajstić information content (AvgIpc) is 3.63. The van der Waals surface area contributed by atoms with E-state index in [1.807, 2.05) is 0 Å². The first-order valence-electron chi connectivity index (χ1n) is 38.0. The van der Waals surface area contributed by atoms with Crippen molar-refractivity contribution in [3.63, 3.8) is 0 Å². The number of hydrogen-bond acceptors (Lipinski definition) is 10. The molecule has 1 saturated heterocycles. The van der Waals surface area contributed by atoms with Crippen molar-refractivity contribution >= 4 is 5.91 Å². The second-order valence-electron chi connectivity index (χ2n) is 26.7. The minimum Gasteiger partial charge on any atom is -0.394 e. The molecule has 1 rings (SSSR count). The number of rotatable bonds is 67. The maximum atomic E-state index is 13.3. The Kier molecular flexibility index (Phi) is 62.2. The Bertz CT molecular complexity index is 1570. The van der Waals surface area contributed by atoms with Crippen LogP contribution in [0.25, 0.3) is 0 Å². The third kappa shape index (κ3) is 51.6. The van der Waals surface area contributed by atoms with Crippen molar-refractivity contribution in [3.8, 4) is 0 Å². The summed E-state index contributed by atoms with van der Waals surface area (Å²) in [4.78, 5) is 13.3. The topological polar surface area (TPSA) is 189 Å². The van der Waals surface area contributed by atoms with Crippen LogP contribution in [0.3, 0.4) is 0 Å². The van der Waals surface area contributed by atoms with Gasteiger partial charge in [0.1, 0.15) is 36.6 Å². The highest BCUT2D eigenvalue weighted by Crippen LogP contribution is 2.24. The zero-order valence-corrected chi connectivity index (χ0v) is 57.5. The smallest absolute Gasteiger partial charge is 0.249 e. The predicted molar refractivity (Wildman–Crippen MR) is 372 cm³/mol. The SMILES string of the molecule is CCCCCCCCCCCCCC/C=C\CCCCCCCCCCCCCCCCCC(O)C(=O)NC(COC1OC(CO)C(O)C(O)C1O)C(O)C(O)CCC/C=C/CC/C=C/CC/C=C/CCCCCCCCCCCCCCCCCCC. The number of nitrogens with one attached hydrogen (secondary N) is 1. The van der Waals surface area contributed by atoms with E-state index in [0.717, 1.165) is 44.9 Å². The van der Waals surface area contributed by atoms with Crippen molar-refractivity contribution in [2.75, 3.05) is 13.2 Å². The van der Waals surface area contributed by atoms with E-state index in [-0.39, 0.29) is 12.8 Å². The lowest BCUT2D eigenvalue weighted by molar-refractivity contribution is -0.303. The molecule has 1 aliphatic heterocycles. The summed E-state index contributed by atoms with van der Waals surface area (Å²) in [7, 11) is 0. The number of carbonyl (C=O) groups excluding carboxylic acids is 1. The quantitative estimate of drug-likeness (QED) is 0.0215. The first-order valence-corrected chi connectivity index (χ1v) is 38.0. The van der Waals surface area contributed by atoms with Crippen LogP contribution in [0, 0.1) is 0 Å². The summed E-state index contributed by atoms with van der Waals surface area (Å²) >= 11 is 0. The van der Waals surface area contributed by atoms with Crippen LogP contribution in [0.15, 0.2) is 48.6 Å². The normalized spacial score (nSPS) is 18.9. The fourth-order valence-electron chi connectivity index (χ4n) is 12.2. The van der Waals surface area contributed by atoms with E-state index >= 15 is 0 Å². The first-order chi connectivity index (χ1) is 43.2. The summed E-state index contributed by atoms with van der Waals surface area (Å²) in [5.74, 6) is -0.707. The molecule has 1 amide bonds.